The maximum atomic E-state index is 14.4. The number of amides is 1. The van der Waals surface area contributed by atoms with Crippen LogP contribution < -0.4 is 0 Å². The van der Waals surface area contributed by atoms with E-state index in [2.05, 4.69) is 41.2 Å². The van der Waals surface area contributed by atoms with Gasteiger partial charge < -0.3 is 4.90 Å². The van der Waals surface area contributed by atoms with Crippen LogP contribution >= 0.6 is 0 Å². The highest BCUT2D eigenvalue weighted by Crippen LogP contribution is 2.37. The van der Waals surface area contributed by atoms with E-state index in [1.807, 2.05) is 6.20 Å². The summed E-state index contributed by atoms with van der Waals surface area (Å²) in [5, 5.41) is 21.7. The first-order chi connectivity index (χ1) is 19.2. The molecule has 6 rings (SSSR count). The minimum absolute atomic E-state index is 0.103. The topological polar surface area (TPSA) is 133 Å². The van der Waals surface area contributed by atoms with Gasteiger partial charge in [-0.05, 0) is 18.9 Å². The molecule has 6 heterocycles. The van der Waals surface area contributed by atoms with E-state index in [1.165, 1.54) is 11.2 Å². The molecule has 0 aliphatic carbocycles. The average molecular weight is 555 g/mol. The zero-order chi connectivity index (χ0) is 28.1. The molecule has 0 atom stereocenters. The van der Waals surface area contributed by atoms with E-state index in [0.717, 1.165) is 23.2 Å². The Bertz CT molecular complexity index is 1610. The van der Waals surface area contributed by atoms with Gasteiger partial charge in [-0.3, -0.25) is 19.5 Å². The lowest BCUT2D eigenvalue weighted by Crippen LogP contribution is -2.66. The Hall–Kier alpha value is -4.45. The molecule has 0 aromatic carbocycles. The number of alkyl halides is 3. The highest BCUT2D eigenvalue weighted by molar-refractivity contribution is 5.94. The molecule has 4 aromatic heterocycles. The number of hydrogen-bond donors (Lipinski definition) is 1. The lowest BCUT2D eigenvalue weighted by atomic mass is 9.83. The molecule has 2 aliphatic rings. The molecular weight excluding hydrogens is 532 g/mol. The van der Waals surface area contributed by atoms with E-state index in [0.29, 0.717) is 37.3 Å². The van der Waals surface area contributed by atoms with E-state index >= 15 is 0 Å². The van der Waals surface area contributed by atoms with Crippen molar-refractivity contribution < 1.29 is 22.4 Å². The van der Waals surface area contributed by atoms with Crippen LogP contribution in [0.1, 0.15) is 35.3 Å². The van der Waals surface area contributed by atoms with Crippen molar-refractivity contribution in [2.75, 3.05) is 26.2 Å². The number of H-pyrrole nitrogens is 1. The van der Waals surface area contributed by atoms with Gasteiger partial charge in [-0.2, -0.15) is 28.6 Å². The van der Waals surface area contributed by atoms with Crippen molar-refractivity contribution in [3.63, 3.8) is 0 Å². The van der Waals surface area contributed by atoms with Gasteiger partial charge in [-0.15, -0.1) is 0 Å². The molecule has 1 amide bonds. The third-order valence-corrected chi connectivity index (χ3v) is 7.65. The smallest absolute Gasteiger partial charge is 0.338 e. The number of fused-ring (bicyclic) bond motifs is 1. The number of aromatic nitrogens is 7. The predicted octanol–water partition coefficient (Wildman–Crippen LogP) is 3.00. The maximum Gasteiger partial charge on any atom is 0.436 e. The quantitative estimate of drug-likeness (QED) is 0.373. The summed E-state index contributed by atoms with van der Waals surface area (Å²) < 4.78 is 55.3. The van der Waals surface area contributed by atoms with Gasteiger partial charge in [-0.1, -0.05) is 0 Å². The number of piperidine rings is 1. The zero-order valence-corrected chi connectivity index (χ0v) is 20.9. The first-order valence-electron chi connectivity index (χ1n) is 12.5. The van der Waals surface area contributed by atoms with Crippen molar-refractivity contribution in [3.05, 3.63) is 54.3 Å². The third kappa shape index (κ3) is 4.34. The summed E-state index contributed by atoms with van der Waals surface area (Å²) in [6.45, 7) is 1.68. The predicted molar refractivity (Wildman–Crippen MR) is 131 cm³/mol. The normalized spacial score (nSPS) is 18.0. The molecule has 2 aliphatic heterocycles. The highest BCUT2D eigenvalue weighted by atomic mass is 19.4. The summed E-state index contributed by atoms with van der Waals surface area (Å²) in [4.78, 5) is 28.0. The Labute approximate surface area is 224 Å². The molecule has 11 nitrogen and oxygen atoms in total. The highest BCUT2D eigenvalue weighted by Gasteiger charge is 2.48. The Morgan fingerprint density at radius 2 is 1.95 bits per heavy atom. The molecule has 0 unspecified atom stereocenters. The summed E-state index contributed by atoms with van der Waals surface area (Å²) in [6.07, 6.45) is 3.84. The average Bonchev–Trinajstić information content (AvgIpc) is 3.60. The van der Waals surface area contributed by atoms with E-state index in [-0.39, 0.29) is 25.6 Å². The summed E-state index contributed by atoms with van der Waals surface area (Å²) in [7, 11) is 0. The van der Waals surface area contributed by atoms with Gasteiger partial charge in [0.2, 0.25) is 0 Å². The van der Waals surface area contributed by atoms with Crippen LogP contribution in [0.2, 0.25) is 0 Å². The Morgan fingerprint density at radius 3 is 2.67 bits per heavy atom. The number of likely N-dealkylation sites (tertiary alicyclic amines) is 2. The summed E-state index contributed by atoms with van der Waals surface area (Å²) in [5.41, 5.74) is -0.804. The van der Waals surface area contributed by atoms with Crippen molar-refractivity contribution in [2.45, 2.75) is 37.0 Å². The van der Waals surface area contributed by atoms with Crippen LogP contribution in [0.5, 0.6) is 0 Å². The SMILES string of the molecule is N#CCC1(n2cc(-c3ncnc4[nH]ncc34)cn2)CN(C2CCN(C(=O)c3ccnc(C(F)(F)F)c3F)CC2)C1. The van der Waals surface area contributed by atoms with Crippen molar-refractivity contribution in [3.8, 4) is 17.3 Å². The Kier molecular flexibility index (Phi) is 6.21. The fourth-order valence-electron chi connectivity index (χ4n) is 5.56. The number of hydrogen-bond acceptors (Lipinski definition) is 8. The fraction of sp³-hybridized carbons (Fsp3) is 0.400. The summed E-state index contributed by atoms with van der Waals surface area (Å²) in [6, 6.07) is 3.34. The number of carbonyl (C=O) groups excluding carboxylic acids is 1. The van der Waals surface area contributed by atoms with Gasteiger partial charge in [0.05, 0.1) is 41.5 Å². The number of nitriles is 1. The first kappa shape index (κ1) is 25.8. The molecular formula is C25H22F4N10O. The lowest BCUT2D eigenvalue weighted by Gasteiger charge is -2.53. The van der Waals surface area contributed by atoms with Gasteiger partial charge in [0, 0.05) is 50.2 Å². The van der Waals surface area contributed by atoms with Gasteiger partial charge in [-0.25, -0.2) is 19.3 Å². The summed E-state index contributed by atoms with van der Waals surface area (Å²) >= 11 is 0. The standard InChI is InChI=1S/C25H22F4N10O/c26-19-17(1-6-31-21(19)25(27,28)29)23(40)37-7-2-16(3-8-37)38-12-24(13-38,4-5-30)39-11-15(9-35-39)20-18-10-34-36-22(18)33-14-32-20/h1,6,9-11,14,16H,2-4,7-8,12-13H2,(H,32,33,34,36). The molecule has 0 spiro atoms. The number of halogens is 4. The Morgan fingerprint density at radius 1 is 1.18 bits per heavy atom. The summed E-state index contributed by atoms with van der Waals surface area (Å²) in [5.74, 6) is -2.44. The number of nitrogens with one attached hydrogen (secondary N) is 1. The molecule has 4 aromatic rings. The van der Waals surface area contributed by atoms with Crippen LogP contribution in [0.25, 0.3) is 22.3 Å². The number of rotatable bonds is 5. The van der Waals surface area contributed by atoms with Crippen LogP contribution in [0.4, 0.5) is 17.6 Å². The minimum Gasteiger partial charge on any atom is -0.338 e. The van der Waals surface area contributed by atoms with Crippen LogP contribution in [0.15, 0.2) is 37.2 Å². The fourth-order valence-corrected chi connectivity index (χ4v) is 5.56. The van der Waals surface area contributed by atoms with E-state index in [9.17, 15) is 27.6 Å². The molecule has 1 N–H and O–H groups in total. The van der Waals surface area contributed by atoms with Gasteiger partial charge in [0.1, 0.15) is 11.9 Å². The van der Waals surface area contributed by atoms with Crippen molar-refractivity contribution in [2.24, 2.45) is 0 Å². The monoisotopic (exact) mass is 554 g/mol. The largest absolute Gasteiger partial charge is 0.436 e. The molecule has 0 bridgehead atoms. The lowest BCUT2D eigenvalue weighted by molar-refractivity contribution is -0.143. The van der Waals surface area contributed by atoms with Crippen molar-refractivity contribution in [1.82, 2.24) is 44.7 Å². The number of carbonyl (C=O) groups is 1. The molecule has 0 saturated carbocycles. The van der Waals surface area contributed by atoms with Crippen LogP contribution in [0.3, 0.4) is 0 Å². The zero-order valence-electron chi connectivity index (χ0n) is 20.9. The van der Waals surface area contributed by atoms with Gasteiger partial charge >= 0.3 is 6.18 Å². The minimum atomic E-state index is -4.99. The number of nitrogens with zero attached hydrogens (tertiary/aromatic N) is 9. The van der Waals surface area contributed by atoms with E-state index < -0.39 is 34.7 Å². The van der Waals surface area contributed by atoms with E-state index in [4.69, 9.17) is 0 Å². The second-order valence-electron chi connectivity index (χ2n) is 10.0. The number of aromatic amines is 1. The van der Waals surface area contributed by atoms with Crippen LogP contribution in [-0.4, -0.2) is 82.9 Å². The number of pyridine rings is 1. The van der Waals surface area contributed by atoms with Crippen LogP contribution in [0, 0.1) is 17.1 Å². The van der Waals surface area contributed by atoms with E-state index in [1.54, 1.807) is 17.1 Å². The molecule has 2 fully saturated rings. The van der Waals surface area contributed by atoms with Crippen molar-refractivity contribution in [1.29, 1.82) is 5.26 Å². The third-order valence-electron chi connectivity index (χ3n) is 7.65. The molecule has 0 radical (unpaired) electrons. The van der Waals surface area contributed by atoms with Gasteiger partial charge in [0.15, 0.2) is 17.2 Å². The maximum absolute atomic E-state index is 14.4. The second-order valence-corrected chi connectivity index (χ2v) is 10.0. The molecule has 2 saturated heterocycles. The van der Waals surface area contributed by atoms with Crippen molar-refractivity contribution >= 4 is 16.9 Å². The molecule has 206 valence electrons. The Balaban J connectivity index is 1.12. The van der Waals surface area contributed by atoms with Crippen LogP contribution in [-0.2, 0) is 11.7 Å². The van der Waals surface area contributed by atoms with Gasteiger partial charge in [0.25, 0.3) is 5.91 Å². The second kappa shape index (κ2) is 9.63. The molecule has 40 heavy (non-hydrogen) atoms. The first-order valence-corrected chi connectivity index (χ1v) is 12.5. The molecule has 15 heteroatoms.